The van der Waals surface area contributed by atoms with Crippen molar-refractivity contribution in [1.29, 1.82) is 0 Å². The van der Waals surface area contributed by atoms with Crippen LogP contribution in [0.3, 0.4) is 0 Å². The Morgan fingerprint density at radius 3 is 2.39 bits per heavy atom. The Bertz CT molecular complexity index is 852. The zero-order chi connectivity index (χ0) is 17.0. The molecular weight excluding hydrogens is 301 g/mol. The van der Waals surface area contributed by atoms with Crippen LogP contribution in [0.2, 0.25) is 0 Å². The van der Waals surface area contributed by atoms with Crippen molar-refractivity contribution in [2.75, 3.05) is 5.32 Å². The van der Waals surface area contributed by atoms with Gasteiger partial charge in [0.1, 0.15) is 0 Å². The number of anilines is 1. The van der Waals surface area contributed by atoms with Gasteiger partial charge in [-0.3, -0.25) is 14.6 Å². The molecule has 9 heteroatoms. The average Bonchev–Trinajstić information content (AvgIpc) is 2.46. The fourth-order valence-corrected chi connectivity index (χ4v) is 1.89. The highest BCUT2D eigenvalue weighted by Crippen LogP contribution is 2.05. The number of amides is 1. The van der Waals surface area contributed by atoms with Crippen LogP contribution in [-0.4, -0.2) is 33.0 Å². The Morgan fingerprint density at radius 2 is 1.83 bits per heavy atom. The zero-order valence-corrected chi connectivity index (χ0v) is 12.2. The highest BCUT2D eigenvalue weighted by molar-refractivity contribution is 6.58. The Kier molecular flexibility index (Phi) is 4.94. The lowest BCUT2D eigenvalue weighted by Crippen LogP contribution is -2.29. The minimum absolute atomic E-state index is 0.179. The first kappa shape index (κ1) is 16.5. The minimum atomic E-state index is -1.57. The molecule has 0 aliphatic carbocycles. The van der Waals surface area contributed by atoms with Gasteiger partial charge in [-0.15, -0.1) is 0 Å². The standard InChI is InChI=1S/C14H14BN3O5/c1-8-11(13(20)18-14(21)16-8)6-7-12(19)17-10-4-2-9(3-5-10)15(22)23/h2-7,22-23H,1H3,(H,17,19)(H2,16,18,20,21). The van der Waals surface area contributed by atoms with Gasteiger partial charge in [0.25, 0.3) is 5.56 Å². The van der Waals surface area contributed by atoms with Gasteiger partial charge in [0.05, 0.1) is 5.56 Å². The van der Waals surface area contributed by atoms with Gasteiger partial charge in [-0.1, -0.05) is 12.1 Å². The third kappa shape index (κ3) is 4.28. The van der Waals surface area contributed by atoms with E-state index < -0.39 is 24.3 Å². The van der Waals surface area contributed by atoms with Crippen molar-refractivity contribution in [3.8, 4) is 0 Å². The largest absolute Gasteiger partial charge is 0.488 e. The molecule has 0 radical (unpaired) electrons. The molecule has 0 fully saturated rings. The lowest BCUT2D eigenvalue weighted by molar-refractivity contribution is -0.111. The molecule has 0 spiro atoms. The van der Waals surface area contributed by atoms with E-state index in [9.17, 15) is 14.4 Å². The highest BCUT2D eigenvalue weighted by atomic mass is 16.4. The Balaban J connectivity index is 2.10. The number of rotatable bonds is 4. The van der Waals surface area contributed by atoms with Crippen molar-refractivity contribution in [2.24, 2.45) is 0 Å². The molecule has 2 aromatic rings. The van der Waals surface area contributed by atoms with Crippen molar-refractivity contribution < 1.29 is 14.8 Å². The average molecular weight is 315 g/mol. The molecule has 1 aromatic carbocycles. The molecule has 5 N–H and O–H groups in total. The summed E-state index contributed by atoms with van der Waals surface area (Å²) in [6.45, 7) is 1.55. The molecule has 1 amide bonds. The summed E-state index contributed by atoms with van der Waals surface area (Å²) in [5, 5.41) is 20.5. The number of hydrogen-bond acceptors (Lipinski definition) is 5. The maximum atomic E-state index is 11.8. The molecule has 8 nitrogen and oxygen atoms in total. The van der Waals surface area contributed by atoms with Crippen LogP contribution in [0.25, 0.3) is 6.08 Å². The first-order chi connectivity index (χ1) is 10.9. The molecule has 1 aromatic heterocycles. The minimum Gasteiger partial charge on any atom is -0.423 e. The Labute approximate surface area is 130 Å². The van der Waals surface area contributed by atoms with Crippen LogP contribution in [0.4, 0.5) is 5.69 Å². The van der Waals surface area contributed by atoms with Gasteiger partial charge < -0.3 is 20.3 Å². The van der Waals surface area contributed by atoms with E-state index >= 15 is 0 Å². The topological polar surface area (TPSA) is 135 Å². The van der Waals surface area contributed by atoms with E-state index in [0.29, 0.717) is 16.8 Å². The summed E-state index contributed by atoms with van der Waals surface area (Å²) in [5.74, 6) is -0.479. The number of carbonyl (C=O) groups excluding carboxylic acids is 1. The van der Waals surface area contributed by atoms with Crippen LogP contribution in [0.5, 0.6) is 0 Å². The number of nitrogens with one attached hydrogen (secondary N) is 3. The first-order valence-electron chi connectivity index (χ1n) is 6.65. The quantitative estimate of drug-likeness (QED) is 0.353. The summed E-state index contributed by atoms with van der Waals surface area (Å²) in [5.41, 5.74) is 0.0875. The van der Waals surface area contributed by atoms with Crippen LogP contribution < -0.4 is 22.0 Å². The number of H-pyrrole nitrogens is 2. The summed E-state index contributed by atoms with van der Waals surface area (Å²) < 4.78 is 0. The van der Waals surface area contributed by atoms with Crippen LogP contribution in [0.1, 0.15) is 11.3 Å². The molecule has 0 aliphatic rings. The van der Waals surface area contributed by atoms with E-state index in [0.717, 1.165) is 6.08 Å². The maximum absolute atomic E-state index is 11.8. The molecule has 0 aliphatic heterocycles. The molecule has 0 bridgehead atoms. The maximum Gasteiger partial charge on any atom is 0.488 e. The molecule has 118 valence electrons. The van der Waals surface area contributed by atoms with Crippen molar-refractivity contribution in [2.45, 2.75) is 6.92 Å². The number of benzene rings is 1. The fourth-order valence-electron chi connectivity index (χ4n) is 1.89. The second-order valence-corrected chi connectivity index (χ2v) is 4.77. The molecule has 0 unspecified atom stereocenters. The van der Waals surface area contributed by atoms with Crippen molar-refractivity contribution in [3.05, 3.63) is 62.4 Å². The summed E-state index contributed by atoms with van der Waals surface area (Å²) in [6.07, 6.45) is 2.45. The lowest BCUT2D eigenvalue weighted by atomic mass is 9.80. The number of aromatic nitrogens is 2. The summed E-state index contributed by atoms with van der Waals surface area (Å²) in [6, 6.07) is 5.94. The third-order valence-electron chi connectivity index (χ3n) is 3.05. The van der Waals surface area contributed by atoms with Gasteiger partial charge in [0.2, 0.25) is 5.91 Å². The summed E-state index contributed by atoms with van der Waals surface area (Å²) >= 11 is 0. The molecule has 0 saturated heterocycles. The van der Waals surface area contributed by atoms with Gasteiger partial charge in [0, 0.05) is 17.5 Å². The molecule has 23 heavy (non-hydrogen) atoms. The molecule has 2 rings (SSSR count). The summed E-state index contributed by atoms with van der Waals surface area (Å²) in [7, 11) is -1.57. The smallest absolute Gasteiger partial charge is 0.423 e. The molecule has 1 heterocycles. The number of aryl methyl sites for hydroxylation is 1. The van der Waals surface area contributed by atoms with Gasteiger partial charge in [-0.25, -0.2) is 4.79 Å². The molecule has 0 saturated carbocycles. The molecule has 0 atom stereocenters. The molecular formula is C14H14BN3O5. The third-order valence-corrected chi connectivity index (χ3v) is 3.05. The van der Waals surface area contributed by atoms with Crippen LogP contribution in [-0.2, 0) is 4.79 Å². The number of hydrogen-bond donors (Lipinski definition) is 5. The SMILES string of the molecule is Cc1[nH]c(=O)[nH]c(=O)c1C=CC(=O)Nc1ccc(B(O)O)cc1. The van der Waals surface area contributed by atoms with E-state index in [1.54, 1.807) is 6.92 Å². The number of aromatic amines is 2. The fraction of sp³-hybridized carbons (Fsp3) is 0.0714. The van der Waals surface area contributed by atoms with Gasteiger partial charge in [0.15, 0.2) is 0 Å². The van der Waals surface area contributed by atoms with Crippen molar-refractivity contribution in [1.82, 2.24) is 9.97 Å². The van der Waals surface area contributed by atoms with E-state index in [1.165, 1.54) is 30.3 Å². The van der Waals surface area contributed by atoms with Gasteiger partial charge in [-0.2, -0.15) is 0 Å². The zero-order valence-electron chi connectivity index (χ0n) is 12.2. The van der Waals surface area contributed by atoms with Gasteiger partial charge >= 0.3 is 12.8 Å². The van der Waals surface area contributed by atoms with E-state index in [1.807, 2.05) is 0 Å². The first-order valence-corrected chi connectivity index (χ1v) is 6.65. The van der Waals surface area contributed by atoms with E-state index in [4.69, 9.17) is 10.0 Å². The van der Waals surface area contributed by atoms with Gasteiger partial charge in [-0.05, 0) is 30.6 Å². The summed E-state index contributed by atoms with van der Waals surface area (Å²) in [4.78, 5) is 39.0. The second-order valence-electron chi connectivity index (χ2n) is 4.77. The Morgan fingerprint density at radius 1 is 1.17 bits per heavy atom. The van der Waals surface area contributed by atoms with Crippen LogP contribution >= 0.6 is 0 Å². The predicted octanol–water partition coefficient (Wildman–Crippen LogP) is -1.30. The lowest BCUT2D eigenvalue weighted by Gasteiger charge is -2.04. The van der Waals surface area contributed by atoms with E-state index in [-0.39, 0.29) is 5.56 Å². The normalized spacial score (nSPS) is 10.7. The van der Waals surface area contributed by atoms with Crippen molar-refractivity contribution >= 4 is 30.3 Å². The predicted molar refractivity (Wildman–Crippen MR) is 86.4 cm³/mol. The van der Waals surface area contributed by atoms with Crippen LogP contribution in [0.15, 0.2) is 39.9 Å². The van der Waals surface area contributed by atoms with E-state index in [2.05, 4.69) is 15.3 Å². The van der Waals surface area contributed by atoms with Crippen molar-refractivity contribution in [3.63, 3.8) is 0 Å². The highest BCUT2D eigenvalue weighted by Gasteiger charge is 2.10. The monoisotopic (exact) mass is 315 g/mol. The van der Waals surface area contributed by atoms with Crippen LogP contribution in [0, 0.1) is 6.92 Å². The Hall–Kier alpha value is -2.91. The number of carbonyl (C=O) groups is 1. The second kappa shape index (κ2) is 6.90.